The third-order valence-electron chi connectivity index (χ3n) is 4.69. The number of ether oxygens (including phenoxy) is 1. The molecule has 2 rings (SSSR count). The highest BCUT2D eigenvalue weighted by atomic mass is 32.2. The second-order valence-electron chi connectivity index (χ2n) is 8.08. The van der Waals surface area contributed by atoms with Crippen LogP contribution in [0.1, 0.15) is 60.0 Å². The molecule has 0 aliphatic carbocycles. The number of carbonyl (C=O) groups is 4. The summed E-state index contributed by atoms with van der Waals surface area (Å²) in [5.74, 6) is -2.21. The van der Waals surface area contributed by atoms with Gasteiger partial charge in [0.15, 0.2) is 0 Å². The van der Waals surface area contributed by atoms with Crippen molar-refractivity contribution in [3.63, 3.8) is 0 Å². The van der Waals surface area contributed by atoms with Crippen molar-refractivity contribution in [2.45, 2.75) is 51.0 Å². The van der Waals surface area contributed by atoms with Gasteiger partial charge in [0.05, 0.1) is 16.6 Å². The lowest BCUT2D eigenvalue weighted by molar-refractivity contribution is -0.146. The molecule has 1 heterocycles. The maximum atomic E-state index is 12.6. The van der Waals surface area contributed by atoms with Crippen LogP contribution >= 0.6 is 0 Å². The number of pyridine rings is 1. The van der Waals surface area contributed by atoms with Crippen LogP contribution in [0, 0.1) is 0 Å². The summed E-state index contributed by atoms with van der Waals surface area (Å²) in [4.78, 5) is 51.3. The van der Waals surface area contributed by atoms with Gasteiger partial charge in [-0.05, 0) is 56.5 Å². The number of nitrogens with zero attached hydrogens (tertiary/aromatic N) is 1. The molecule has 0 spiro atoms. The summed E-state index contributed by atoms with van der Waals surface area (Å²) in [6.07, 6.45) is 2.49. The highest BCUT2D eigenvalue weighted by molar-refractivity contribution is 7.90. The number of sulfonamides is 1. The number of aromatic nitrogens is 1. The van der Waals surface area contributed by atoms with Gasteiger partial charge in [-0.15, -0.1) is 0 Å². The first kappa shape index (κ1) is 28.4. The van der Waals surface area contributed by atoms with Gasteiger partial charge in [0.25, 0.3) is 21.8 Å². The first-order valence-corrected chi connectivity index (χ1v) is 12.9. The van der Waals surface area contributed by atoms with E-state index in [4.69, 9.17) is 4.74 Å². The van der Waals surface area contributed by atoms with Crippen LogP contribution in [-0.4, -0.2) is 56.3 Å². The molecule has 2 aromatic rings. The Balaban J connectivity index is 1.92. The van der Waals surface area contributed by atoms with E-state index in [0.29, 0.717) is 19.4 Å². The molecule has 12 heteroatoms. The Morgan fingerprint density at radius 1 is 0.972 bits per heavy atom. The predicted molar refractivity (Wildman–Crippen MR) is 131 cm³/mol. The molecule has 0 aliphatic rings. The zero-order valence-electron chi connectivity index (χ0n) is 20.4. The number of hydrogen-bond donors (Lipinski definition) is 3. The Kier molecular flexibility index (Phi) is 10.5. The van der Waals surface area contributed by atoms with Gasteiger partial charge >= 0.3 is 5.97 Å². The van der Waals surface area contributed by atoms with Crippen molar-refractivity contribution in [3.8, 4) is 0 Å². The number of nitrogens with one attached hydrogen (secondary N) is 3. The topological polar surface area (TPSA) is 161 Å². The van der Waals surface area contributed by atoms with Crippen LogP contribution in [0.2, 0.25) is 0 Å². The summed E-state index contributed by atoms with van der Waals surface area (Å²) in [6, 6.07) is 8.44. The molecule has 1 aromatic carbocycles. The number of benzene rings is 1. The third kappa shape index (κ3) is 9.10. The van der Waals surface area contributed by atoms with Gasteiger partial charge in [-0.25, -0.2) is 13.1 Å². The van der Waals surface area contributed by atoms with Crippen LogP contribution in [-0.2, 0) is 30.8 Å². The summed E-state index contributed by atoms with van der Waals surface area (Å²) in [5.41, 5.74) is 0.689. The van der Waals surface area contributed by atoms with Crippen LogP contribution in [0.3, 0.4) is 0 Å². The number of esters is 1. The SMILES string of the molecule is CCCC(=O)NCCc1ccc(S(=O)(=O)NC(=O)c2ccc(C(=O)NCC(=O)OC(C)C)nc2)cc1. The summed E-state index contributed by atoms with van der Waals surface area (Å²) in [5, 5.41) is 5.13. The van der Waals surface area contributed by atoms with Crippen LogP contribution < -0.4 is 15.4 Å². The van der Waals surface area contributed by atoms with Crippen LogP contribution in [0.25, 0.3) is 0 Å². The summed E-state index contributed by atoms with van der Waals surface area (Å²) in [6.45, 7) is 5.37. The van der Waals surface area contributed by atoms with Crippen molar-refractivity contribution >= 4 is 33.7 Å². The highest BCUT2D eigenvalue weighted by Crippen LogP contribution is 2.12. The number of amides is 3. The smallest absolute Gasteiger partial charge is 0.325 e. The molecule has 0 fully saturated rings. The fraction of sp³-hybridized carbons (Fsp3) is 0.375. The van der Waals surface area contributed by atoms with E-state index in [0.717, 1.165) is 18.2 Å². The Morgan fingerprint density at radius 3 is 2.25 bits per heavy atom. The number of carbonyl (C=O) groups excluding carboxylic acids is 4. The lowest BCUT2D eigenvalue weighted by atomic mass is 10.1. The minimum absolute atomic E-state index is 0.0334. The van der Waals surface area contributed by atoms with Crippen molar-refractivity contribution in [2.75, 3.05) is 13.1 Å². The summed E-state index contributed by atoms with van der Waals surface area (Å²) < 4.78 is 32.0. The van der Waals surface area contributed by atoms with Gasteiger partial charge in [-0.3, -0.25) is 24.2 Å². The molecular formula is C24H30N4O7S. The Bertz CT molecular complexity index is 1180. The molecule has 11 nitrogen and oxygen atoms in total. The van der Waals surface area contributed by atoms with E-state index in [1.54, 1.807) is 26.0 Å². The molecule has 0 atom stereocenters. The molecule has 1 aromatic heterocycles. The van der Waals surface area contributed by atoms with Crippen molar-refractivity contribution in [2.24, 2.45) is 0 Å². The van der Waals surface area contributed by atoms with Crippen molar-refractivity contribution in [1.29, 1.82) is 0 Å². The zero-order valence-corrected chi connectivity index (χ0v) is 21.2. The van der Waals surface area contributed by atoms with E-state index in [1.165, 1.54) is 24.3 Å². The predicted octanol–water partition coefficient (Wildman–Crippen LogP) is 1.34. The van der Waals surface area contributed by atoms with Crippen molar-refractivity contribution in [1.82, 2.24) is 20.3 Å². The van der Waals surface area contributed by atoms with Gasteiger partial charge in [0.1, 0.15) is 12.2 Å². The quantitative estimate of drug-likeness (QED) is 0.355. The maximum absolute atomic E-state index is 12.6. The largest absolute Gasteiger partial charge is 0.462 e. The number of hydrogen-bond acceptors (Lipinski definition) is 8. The van der Waals surface area contributed by atoms with E-state index in [1.807, 2.05) is 11.6 Å². The molecule has 0 bridgehead atoms. The zero-order chi connectivity index (χ0) is 26.7. The van der Waals surface area contributed by atoms with E-state index >= 15 is 0 Å². The van der Waals surface area contributed by atoms with Gasteiger partial charge in [0.2, 0.25) is 5.91 Å². The second kappa shape index (κ2) is 13.3. The van der Waals surface area contributed by atoms with E-state index in [-0.39, 0.29) is 34.7 Å². The highest BCUT2D eigenvalue weighted by Gasteiger charge is 2.20. The maximum Gasteiger partial charge on any atom is 0.325 e. The monoisotopic (exact) mass is 518 g/mol. The van der Waals surface area contributed by atoms with Crippen molar-refractivity contribution in [3.05, 3.63) is 59.4 Å². The van der Waals surface area contributed by atoms with E-state index in [2.05, 4.69) is 15.6 Å². The molecular weight excluding hydrogens is 488 g/mol. The fourth-order valence-corrected chi connectivity index (χ4v) is 3.92. The standard InChI is InChI=1S/C24H30N4O7S/c1-4-5-21(29)25-13-12-17-6-9-19(10-7-17)36(33,34)28-23(31)18-8-11-20(26-14-18)24(32)27-15-22(30)35-16(2)3/h6-11,14,16H,4-5,12-13,15H2,1-3H3,(H,25,29)(H,27,32)(H,28,31). The van der Waals surface area contributed by atoms with E-state index < -0.39 is 27.8 Å². The van der Waals surface area contributed by atoms with Gasteiger partial charge in [-0.2, -0.15) is 0 Å². The average Bonchev–Trinajstić information content (AvgIpc) is 2.82. The Morgan fingerprint density at radius 2 is 1.67 bits per heavy atom. The van der Waals surface area contributed by atoms with Crippen molar-refractivity contribution < 1.29 is 32.3 Å². The second-order valence-corrected chi connectivity index (χ2v) is 9.76. The lowest BCUT2D eigenvalue weighted by Gasteiger charge is -2.09. The van der Waals surface area contributed by atoms with Crippen LogP contribution in [0.5, 0.6) is 0 Å². The van der Waals surface area contributed by atoms with Gasteiger partial charge in [-0.1, -0.05) is 19.1 Å². The molecule has 0 saturated heterocycles. The Hall–Kier alpha value is -3.80. The molecule has 0 radical (unpaired) electrons. The Labute approximate surface area is 210 Å². The minimum atomic E-state index is -4.15. The molecule has 194 valence electrons. The fourth-order valence-electron chi connectivity index (χ4n) is 2.95. The molecule has 0 unspecified atom stereocenters. The van der Waals surface area contributed by atoms with E-state index in [9.17, 15) is 27.6 Å². The molecule has 0 saturated carbocycles. The first-order chi connectivity index (χ1) is 17.0. The molecule has 3 N–H and O–H groups in total. The summed E-state index contributed by atoms with van der Waals surface area (Å²) >= 11 is 0. The molecule has 0 aliphatic heterocycles. The number of rotatable bonds is 12. The third-order valence-corrected chi connectivity index (χ3v) is 6.04. The average molecular weight is 519 g/mol. The molecule has 3 amide bonds. The first-order valence-electron chi connectivity index (χ1n) is 11.4. The van der Waals surface area contributed by atoms with Gasteiger partial charge < -0.3 is 15.4 Å². The normalized spacial score (nSPS) is 11.0. The van der Waals surface area contributed by atoms with Crippen LogP contribution in [0.15, 0.2) is 47.5 Å². The lowest BCUT2D eigenvalue weighted by Crippen LogP contribution is -2.32. The molecule has 36 heavy (non-hydrogen) atoms. The minimum Gasteiger partial charge on any atom is -0.462 e. The summed E-state index contributed by atoms with van der Waals surface area (Å²) in [7, 11) is -4.15. The van der Waals surface area contributed by atoms with Crippen LogP contribution in [0.4, 0.5) is 0 Å². The van der Waals surface area contributed by atoms with Gasteiger partial charge in [0, 0.05) is 19.2 Å².